The van der Waals surface area contributed by atoms with E-state index in [1.165, 1.54) is 6.42 Å². The number of hydrogen-bond donors (Lipinski definition) is 0. The average Bonchev–Trinajstić information content (AvgIpc) is 3.06. The van der Waals surface area contributed by atoms with E-state index in [1.807, 2.05) is 19.2 Å². The molecule has 5 nitrogen and oxygen atoms in total. The van der Waals surface area contributed by atoms with E-state index < -0.39 is 0 Å². The molecule has 1 saturated heterocycles. The number of likely N-dealkylation sites (tertiary alicyclic amines) is 1. The van der Waals surface area contributed by atoms with Gasteiger partial charge in [0, 0.05) is 18.7 Å². The maximum atomic E-state index is 12.3. The minimum atomic E-state index is 0.127. The molecule has 0 amide bonds. The molecule has 0 bridgehead atoms. The molecule has 0 radical (unpaired) electrons. The van der Waals surface area contributed by atoms with Gasteiger partial charge in [0.2, 0.25) is 6.79 Å². The second kappa shape index (κ2) is 6.03. The van der Waals surface area contributed by atoms with E-state index in [2.05, 4.69) is 16.8 Å². The number of hydrogen-bond acceptors (Lipinski definition) is 5. The summed E-state index contributed by atoms with van der Waals surface area (Å²) in [5.41, 5.74) is 0.689. The van der Waals surface area contributed by atoms with E-state index in [4.69, 9.17) is 9.47 Å². The van der Waals surface area contributed by atoms with Gasteiger partial charge in [0.05, 0.1) is 6.54 Å². The molecule has 1 aromatic carbocycles. The first-order valence-corrected chi connectivity index (χ1v) is 7.42. The van der Waals surface area contributed by atoms with Crippen LogP contribution in [0.4, 0.5) is 0 Å². The SMILES string of the molecule is CN1CCC(CN(C)CC(=O)c2ccc3c(c2)OCO3)C1. The van der Waals surface area contributed by atoms with Gasteiger partial charge in [-0.15, -0.1) is 0 Å². The molecule has 0 N–H and O–H groups in total. The lowest BCUT2D eigenvalue weighted by molar-refractivity contribution is 0.0938. The molecule has 0 aromatic heterocycles. The number of nitrogens with zero attached hydrogens (tertiary/aromatic N) is 2. The molecule has 2 aliphatic rings. The number of ether oxygens (including phenoxy) is 2. The summed E-state index contributed by atoms with van der Waals surface area (Å²) in [6.45, 7) is 3.94. The molecule has 21 heavy (non-hydrogen) atoms. The lowest BCUT2D eigenvalue weighted by Crippen LogP contribution is -2.31. The van der Waals surface area contributed by atoms with Crippen molar-refractivity contribution in [2.75, 3.05) is 47.1 Å². The lowest BCUT2D eigenvalue weighted by atomic mass is 10.1. The van der Waals surface area contributed by atoms with Crippen LogP contribution < -0.4 is 9.47 Å². The molecule has 2 aliphatic heterocycles. The highest BCUT2D eigenvalue weighted by Gasteiger charge is 2.22. The Balaban J connectivity index is 1.55. The van der Waals surface area contributed by atoms with Crippen LogP contribution in [0.15, 0.2) is 18.2 Å². The third-order valence-electron chi connectivity index (χ3n) is 4.17. The fourth-order valence-corrected chi connectivity index (χ4v) is 3.09. The molecule has 5 heteroatoms. The maximum Gasteiger partial charge on any atom is 0.231 e. The highest BCUT2D eigenvalue weighted by molar-refractivity contribution is 5.98. The van der Waals surface area contributed by atoms with Crippen molar-refractivity contribution in [2.45, 2.75) is 6.42 Å². The van der Waals surface area contributed by atoms with Crippen LogP contribution in [0.1, 0.15) is 16.8 Å². The van der Waals surface area contributed by atoms with Gasteiger partial charge in [-0.25, -0.2) is 0 Å². The van der Waals surface area contributed by atoms with Crippen LogP contribution in [0.3, 0.4) is 0 Å². The van der Waals surface area contributed by atoms with Crippen molar-refractivity contribution in [3.8, 4) is 11.5 Å². The number of ketones is 1. The Morgan fingerprint density at radius 1 is 1.38 bits per heavy atom. The average molecular weight is 290 g/mol. The third-order valence-corrected chi connectivity index (χ3v) is 4.17. The fourth-order valence-electron chi connectivity index (χ4n) is 3.09. The van der Waals surface area contributed by atoms with Crippen molar-refractivity contribution < 1.29 is 14.3 Å². The van der Waals surface area contributed by atoms with Gasteiger partial charge >= 0.3 is 0 Å². The Morgan fingerprint density at radius 2 is 2.19 bits per heavy atom. The van der Waals surface area contributed by atoms with Crippen LogP contribution in [0.25, 0.3) is 0 Å². The smallest absolute Gasteiger partial charge is 0.231 e. The van der Waals surface area contributed by atoms with Crippen LogP contribution in [0.5, 0.6) is 11.5 Å². The molecule has 1 aromatic rings. The summed E-state index contributed by atoms with van der Waals surface area (Å²) >= 11 is 0. The molecule has 1 atom stereocenters. The summed E-state index contributed by atoms with van der Waals surface area (Å²) < 4.78 is 10.6. The van der Waals surface area contributed by atoms with Crippen LogP contribution >= 0.6 is 0 Å². The summed E-state index contributed by atoms with van der Waals surface area (Å²) in [5, 5.41) is 0. The Hall–Kier alpha value is -1.59. The van der Waals surface area contributed by atoms with E-state index in [0.29, 0.717) is 29.5 Å². The Bertz CT molecular complexity index is 532. The van der Waals surface area contributed by atoms with Crippen molar-refractivity contribution >= 4 is 5.78 Å². The van der Waals surface area contributed by atoms with Gasteiger partial charge in [-0.2, -0.15) is 0 Å². The second-order valence-corrected chi connectivity index (χ2v) is 6.10. The molecule has 114 valence electrons. The zero-order valence-corrected chi connectivity index (χ0v) is 12.7. The zero-order chi connectivity index (χ0) is 14.8. The quantitative estimate of drug-likeness (QED) is 0.768. The van der Waals surface area contributed by atoms with Gasteiger partial charge in [-0.1, -0.05) is 0 Å². The van der Waals surface area contributed by atoms with E-state index in [9.17, 15) is 4.79 Å². The molecule has 0 aliphatic carbocycles. The summed E-state index contributed by atoms with van der Waals surface area (Å²) in [6, 6.07) is 5.40. The normalized spacial score (nSPS) is 21.2. The monoisotopic (exact) mass is 290 g/mol. The van der Waals surface area contributed by atoms with E-state index >= 15 is 0 Å². The van der Waals surface area contributed by atoms with Gasteiger partial charge in [-0.05, 0) is 51.2 Å². The van der Waals surface area contributed by atoms with Gasteiger partial charge in [0.25, 0.3) is 0 Å². The van der Waals surface area contributed by atoms with Crippen molar-refractivity contribution in [2.24, 2.45) is 5.92 Å². The highest BCUT2D eigenvalue weighted by Crippen LogP contribution is 2.32. The van der Waals surface area contributed by atoms with Crippen molar-refractivity contribution in [1.29, 1.82) is 0 Å². The standard InChI is InChI=1S/C16H22N2O3/c1-17-6-5-12(8-17)9-18(2)10-14(19)13-3-4-15-16(7-13)21-11-20-15/h3-4,7,12H,5-6,8-11H2,1-2H3. The van der Waals surface area contributed by atoms with Gasteiger partial charge in [-0.3, -0.25) is 9.69 Å². The zero-order valence-electron chi connectivity index (χ0n) is 12.7. The predicted octanol–water partition coefficient (Wildman–Crippen LogP) is 1.48. The van der Waals surface area contributed by atoms with Crippen LogP contribution in [-0.2, 0) is 0 Å². The Morgan fingerprint density at radius 3 is 2.95 bits per heavy atom. The minimum Gasteiger partial charge on any atom is -0.454 e. The van der Waals surface area contributed by atoms with Crippen molar-refractivity contribution in [3.63, 3.8) is 0 Å². The molecule has 2 heterocycles. The number of Topliss-reactive ketones (excluding diaryl/α,β-unsaturated/α-hetero) is 1. The fraction of sp³-hybridized carbons (Fsp3) is 0.562. The Labute approximate surface area is 125 Å². The largest absolute Gasteiger partial charge is 0.454 e. The molecule has 1 unspecified atom stereocenters. The maximum absolute atomic E-state index is 12.3. The minimum absolute atomic E-state index is 0.127. The van der Waals surface area contributed by atoms with E-state index in [0.717, 1.165) is 19.6 Å². The van der Waals surface area contributed by atoms with Crippen LogP contribution in [0.2, 0.25) is 0 Å². The summed E-state index contributed by atoms with van der Waals surface area (Å²) in [4.78, 5) is 16.8. The van der Waals surface area contributed by atoms with Crippen LogP contribution in [-0.4, -0.2) is 62.7 Å². The lowest BCUT2D eigenvalue weighted by Gasteiger charge is -2.20. The first-order chi connectivity index (χ1) is 10.1. The Kier molecular flexibility index (Phi) is 4.12. The number of carbonyl (C=O) groups excluding carboxylic acids is 1. The molecular formula is C16H22N2O3. The van der Waals surface area contributed by atoms with E-state index in [1.54, 1.807) is 6.07 Å². The van der Waals surface area contributed by atoms with Crippen LogP contribution in [0, 0.1) is 5.92 Å². The number of carbonyl (C=O) groups is 1. The molecule has 0 saturated carbocycles. The molecule has 3 rings (SSSR count). The molecular weight excluding hydrogens is 268 g/mol. The summed E-state index contributed by atoms with van der Waals surface area (Å²) in [6.07, 6.45) is 1.22. The molecule has 1 fully saturated rings. The first-order valence-electron chi connectivity index (χ1n) is 7.42. The second-order valence-electron chi connectivity index (χ2n) is 6.10. The van der Waals surface area contributed by atoms with Crippen molar-refractivity contribution in [1.82, 2.24) is 9.80 Å². The summed E-state index contributed by atoms with van der Waals surface area (Å²) in [5.74, 6) is 2.18. The number of likely N-dealkylation sites (N-methyl/N-ethyl adjacent to an activating group) is 1. The van der Waals surface area contributed by atoms with Gasteiger partial charge in [0.15, 0.2) is 17.3 Å². The third kappa shape index (κ3) is 3.36. The summed E-state index contributed by atoms with van der Waals surface area (Å²) in [7, 11) is 4.17. The first kappa shape index (κ1) is 14.4. The van der Waals surface area contributed by atoms with Gasteiger partial charge < -0.3 is 14.4 Å². The van der Waals surface area contributed by atoms with E-state index in [-0.39, 0.29) is 12.6 Å². The number of rotatable bonds is 5. The van der Waals surface area contributed by atoms with Gasteiger partial charge in [0.1, 0.15) is 0 Å². The predicted molar refractivity (Wildman–Crippen MR) is 80.0 cm³/mol. The topological polar surface area (TPSA) is 42.0 Å². The van der Waals surface area contributed by atoms with Crippen molar-refractivity contribution in [3.05, 3.63) is 23.8 Å². The number of benzene rings is 1. The number of fused-ring (bicyclic) bond motifs is 1. The molecule has 0 spiro atoms. The highest BCUT2D eigenvalue weighted by atomic mass is 16.7.